The average molecular weight is 386 g/mol. The summed E-state index contributed by atoms with van der Waals surface area (Å²) in [5.74, 6) is -1.11. The molecule has 0 aliphatic carbocycles. The van der Waals surface area contributed by atoms with Crippen LogP contribution in [0.4, 0.5) is 5.69 Å². The van der Waals surface area contributed by atoms with E-state index in [1.807, 2.05) is 0 Å². The van der Waals surface area contributed by atoms with Gasteiger partial charge in [-0.3, -0.25) is 4.79 Å². The fraction of sp³-hybridized carbons (Fsp3) is 0.267. The van der Waals surface area contributed by atoms with E-state index in [4.69, 9.17) is 40.2 Å². The molecule has 1 amide bonds. The number of esters is 1. The Kier molecular flexibility index (Phi) is 4.19. The summed E-state index contributed by atoms with van der Waals surface area (Å²) in [7, 11) is 0. The van der Waals surface area contributed by atoms with Crippen LogP contribution in [0.3, 0.4) is 0 Å². The number of allylic oxidation sites excluding steroid dienone is 1. The Morgan fingerprint density at radius 1 is 1.33 bits per heavy atom. The Hall–Kier alpha value is -1.83. The van der Waals surface area contributed by atoms with E-state index in [0.29, 0.717) is 22.0 Å². The monoisotopic (exact) mass is 385 g/mol. The normalized spacial score (nSPS) is 22.0. The van der Waals surface area contributed by atoms with Gasteiger partial charge in [-0.15, -0.1) is 0 Å². The number of carbonyl (C=O) groups excluding carboxylic acids is 2. The molecule has 0 aromatic heterocycles. The van der Waals surface area contributed by atoms with Gasteiger partial charge < -0.3 is 20.7 Å². The summed E-state index contributed by atoms with van der Waals surface area (Å²) in [6, 6.07) is 3.09. The molecule has 0 bridgehead atoms. The van der Waals surface area contributed by atoms with Crippen LogP contribution in [0.2, 0.25) is 10.0 Å². The lowest BCUT2D eigenvalue weighted by Gasteiger charge is -2.36. The molecule has 1 spiro atoms. The maximum Gasteiger partial charge on any atom is 0.339 e. The van der Waals surface area contributed by atoms with Gasteiger partial charge in [-0.1, -0.05) is 23.2 Å². The number of rotatable bonds is 2. The van der Waals surface area contributed by atoms with Crippen LogP contribution in [-0.2, 0) is 19.9 Å². The molecule has 3 rings (SSSR count). The van der Waals surface area contributed by atoms with E-state index >= 15 is 0 Å². The third-order valence-corrected chi connectivity index (χ3v) is 4.59. The Morgan fingerprint density at radius 2 is 2.04 bits per heavy atom. The van der Waals surface area contributed by atoms with Crippen molar-refractivity contribution in [3.8, 4) is 0 Å². The number of halogens is 2. The van der Waals surface area contributed by atoms with Crippen LogP contribution in [-0.4, -0.2) is 23.6 Å². The molecule has 1 aromatic rings. The van der Waals surface area contributed by atoms with Crippen molar-refractivity contribution in [3.05, 3.63) is 39.0 Å². The molecule has 6 nitrogen and oxygen atoms in total. The van der Waals surface area contributed by atoms with Gasteiger partial charge >= 0.3 is 5.97 Å². The van der Waals surface area contributed by atoms with Gasteiger partial charge in [0, 0.05) is 16.3 Å². The molecule has 2 aliphatic rings. The highest BCUT2D eigenvalue weighted by atomic mass is 35.5. The largest absolute Gasteiger partial charge is 0.462 e. The highest BCUT2D eigenvalue weighted by Crippen LogP contribution is 2.47. The SMILES string of the molecule is CCOC(=O)C1=C(C)NC(=S)NC12C(=O)Nc1c(Cl)cc(Cl)cc12. The van der Waals surface area contributed by atoms with E-state index < -0.39 is 17.4 Å². The zero-order valence-corrected chi connectivity index (χ0v) is 15.1. The van der Waals surface area contributed by atoms with Crippen LogP contribution in [0.1, 0.15) is 19.4 Å². The van der Waals surface area contributed by atoms with Gasteiger partial charge in [0.25, 0.3) is 5.91 Å². The number of nitrogens with one attached hydrogen (secondary N) is 3. The summed E-state index contributed by atoms with van der Waals surface area (Å²) < 4.78 is 5.13. The summed E-state index contributed by atoms with van der Waals surface area (Å²) in [4.78, 5) is 25.4. The average Bonchev–Trinajstić information content (AvgIpc) is 2.73. The summed E-state index contributed by atoms with van der Waals surface area (Å²) in [6.45, 7) is 3.50. The van der Waals surface area contributed by atoms with Crippen LogP contribution in [0.25, 0.3) is 0 Å². The van der Waals surface area contributed by atoms with Crippen molar-refractivity contribution in [3.63, 3.8) is 0 Å². The third kappa shape index (κ3) is 2.35. The molecule has 1 aromatic carbocycles. The first-order chi connectivity index (χ1) is 11.3. The smallest absolute Gasteiger partial charge is 0.339 e. The topological polar surface area (TPSA) is 79.5 Å². The van der Waals surface area contributed by atoms with Crippen molar-refractivity contribution in [2.45, 2.75) is 19.4 Å². The van der Waals surface area contributed by atoms with Crippen molar-refractivity contribution in [1.29, 1.82) is 0 Å². The molecular formula is C15H13Cl2N3O3S. The number of carbonyl (C=O) groups is 2. The van der Waals surface area contributed by atoms with Gasteiger partial charge in [0.2, 0.25) is 0 Å². The zero-order chi connectivity index (χ0) is 17.6. The van der Waals surface area contributed by atoms with E-state index in [1.54, 1.807) is 19.9 Å². The number of fused-ring (bicyclic) bond motifs is 2. The summed E-state index contributed by atoms with van der Waals surface area (Å²) in [5, 5.41) is 9.27. The van der Waals surface area contributed by atoms with Crippen LogP contribution < -0.4 is 16.0 Å². The Labute approximate surface area is 153 Å². The van der Waals surface area contributed by atoms with Crippen LogP contribution in [0, 0.1) is 0 Å². The first-order valence-electron chi connectivity index (χ1n) is 7.09. The van der Waals surface area contributed by atoms with Crippen molar-refractivity contribution in [2.24, 2.45) is 0 Å². The van der Waals surface area contributed by atoms with Crippen molar-refractivity contribution < 1.29 is 14.3 Å². The summed E-state index contributed by atoms with van der Waals surface area (Å²) in [5.41, 5.74) is -0.180. The molecule has 0 saturated carbocycles. The number of ether oxygens (including phenoxy) is 1. The maximum atomic E-state index is 12.9. The van der Waals surface area contributed by atoms with Crippen molar-refractivity contribution in [1.82, 2.24) is 10.6 Å². The number of amides is 1. The Bertz CT molecular complexity index is 824. The van der Waals surface area contributed by atoms with Crippen molar-refractivity contribution in [2.75, 3.05) is 11.9 Å². The van der Waals surface area contributed by atoms with Crippen LogP contribution in [0.15, 0.2) is 23.4 Å². The molecule has 0 fully saturated rings. The molecule has 9 heteroatoms. The van der Waals surface area contributed by atoms with E-state index in [0.717, 1.165) is 0 Å². The third-order valence-electron chi connectivity index (χ3n) is 3.87. The molecule has 1 atom stereocenters. The highest BCUT2D eigenvalue weighted by molar-refractivity contribution is 7.80. The summed E-state index contributed by atoms with van der Waals surface area (Å²) >= 11 is 17.5. The van der Waals surface area contributed by atoms with E-state index in [2.05, 4.69) is 16.0 Å². The predicted molar refractivity (Wildman–Crippen MR) is 95.0 cm³/mol. The van der Waals surface area contributed by atoms with Gasteiger partial charge in [0.15, 0.2) is 10.7 Å². The van der Waals surface area contributed by atoms with Gasteiger partial charge in [-0.2, -0.15) is 0 Å². The molecule has 3 N–H and O–H groups in total. The lowest BCUT2D eigenvalue weighted by atomic mass is 9.81. The minimum absolute atomic E-state index is 0.118. The number of hydrogen-bond donors (Lipinski definition) is 3. The minimum Gasteiger partial charge on any atom is -0.462 e. The quantitative estimate of drug-likeness (QED) is 0.535. The van der Waals surface area contributed by atoms with Gasteiger partial charge in [-0.05, 0) is 38.2 Å². The fourth-order valence-electron chi connectivity index (χ4n) is 2.99. The maximum absolute atomic E-state index is 12.9. The minimum atomic E-state index is -1.54. The molecule has 0 radical (unpaired) electrons. The molecule has 1 unspecified atom stereocenters. The molecule has 2 heterocycles. The van der Waals surface area contributed by atoms with Gasteiger partial charge in [-0.25, -0.2) is 4.79 Å². The second-order valence-electron chi connectivity index (χ2n) is 5.31. The number of hydrogen-bond acceptors (Lipinski definition) is 4. The van der Waals surface area contributed by atoms with E-state index in [1.165, 1.54) is 6.07 Å². The predicted octanol–water partition coefficient (Wildman–Crippen LogP) is 2.46. The number of thiocarbonyl (C=S) groups is 1. The lowest BCUT2D eigenvalue weighted by molar-refractivity contribution is -0.141. The number of benzene rings is 1. The number of anilines is 1. The second-order valence-corrected chi connectivity index (χ2v) is 6.57. The van der Waals surface area contributed by atoms with Crippen LogP contribution in [0.5, 0.6) is 0 Å². The second kappa shape index (κ2) is 5.91. The Morgan fingerprint density at radius 3 is 2.71 bits per heavy atom. The first kappa shape index (κ1) is 17.0. The van der Waals surface area contributed by atoms with Gasteiger partial charge in [0.05, 0.1) is 22.9 Å². The van der Waals surface area contributed by atoms with Crippen LogP contribution >= 0.6 is 35.4 Å². The van der Waals surface area contributed by atoms with E-state index in [9.17, 15) is 9.59 Å². The fourth-order valence-corrected chi connectivity index (χ4v) is 3.83. The molecular weight excluding hydrogens is 373 g/mol. The Balaban J connectivity index is 2.32. The van der Waals surface area contributed by atoms with E-state index in [-0.39, 0.29) is 22.3 Å². The molecule has 2 aliphatic heterocycles. The standard InChI is InChI=1S/C15H13Cl2N3O3S/c1-3-23-12(21)10-6(2)18-14(24)20-15(10)8-4-7(16)5-9(17)11(8)19-13(15)22/h4-5H,3H2,1-2H3,(H,19,22)(H2,18,20,24). The highest BCUT2D eigenvalue weighted by Gasteiger charge is 2.56. The summed E-state index contributed by atoms with van der Waals surface area (Å²) in [6.07, 6.45) is 0. The molecule has 24 heavy (non-hydrogen) atoms. The molecule has 0 saturated heterocycles. The lowest BCUT2D eigenvalue weighted by Crippen LogP contribution is -2.60. The van der Waals surface area contributed by atoms with Gasteiger partial charge in [0.1, 0.15) is 0 Å². The van der Waals surface area contributed by atoms with Crippen molar-refractivity contribution >= 4 is 58.1 Å². The first-order valence-corrected chi connectivity index (χ1v) is 8.26. The molecule has 126 valence electrons. The zero-order valence-electron chi connectivity index (χ0n) is 12.8.